The zero-order valence-corrected chi connectivity index (χ0v) is 8.42. The number of hydroxylamine groups is 2. The lowest BCUT2D eigenvalue weighted by molar-refractivity contribution is -0.137. The van der Waals surface area contributed by atoms with Gasteiger partial charge in [-0.05, 0) is 18.4 Å². The van der Waals surface area contributed by atoms with Gasteiger partial charge in [0.2, 0.25) is 6.23 Å². The minimum atomic E-state index is 0.0531. The largest absolute Gasteiger partial charge is 0.464 e. The second-order valence-corrected chi connectivity index (χ2v) is 3.40. The molecule has 12 heavy (non-hydrogen) atoms. The minimum Gasteiger partial charge on any atom is -0.464 e. The molecule has 0 N–H and O–H groups in total. The Morgan fingerprint density at radius 3 is 2.58 bits per heavy atom. The first-order valence-corrected chi connectivity index (χ1v) is 4.22. The summed E-state index contributed by atoms with van der Waals surface area (Å²) in [6.45, 7) is 6.42. The van der Waals surface area contributed by atoms with Gasteiger partial charge in [0.25, 0.3) is 0 Å². The molecule has 0 aromatic heterocycles. The first-order valence-electron chi connectivity index (χ1n) is 4.22. The molecule has 0 aliphatic carbocycles. The summed E-state index contributed by atoms with van der Waals surface area (Å²) in [5.74, 6) is 1.62. The number of ether oxygens (including phenoxy) is 1. The lowest BCUT2D eigenvalue weighted by Crippen LogP contribution is -2.19. The summed E-state index contributed by atoms with van der Waals surface area (Å²) < 4.78 is 5.37. The third-order valence-corrected chi connectivity index (χ3v) is 2.28. The molecule has 0 radical (unpaired) electrons. The highest BCUT2D eigenvalue weighted by atomic mass is 16.7. The molecule has 1 aliphatic rings. The van der Waals surface area contributed by atoms with Gasteiger partial charge in [-0.2, -0.15) is 0 Å². The molecular weight excluding hydrogens is 154 g/mol. The van der Waals surface area contributed by atoms with Gasteiger partial charge in [-0.15, -0.1) is 5.06 Å². The van der Waals surface area contributed by atoms with E-state index in [1.54, 1.807) is 12.2 Å². The average molecular weight is 171 g/mol. The van der Waals surface area contributed by atoms with Crippen LogP contribution in [0.5, 0.6) is 0 Å². The molecule has 0 amide bonds. The lowest BCUT2D eigenvalue weighted by Gasteiger charge is -2.07. The second-order valence-electron chi connectivity index (χ2n) is 3.40. The normalized spacial score (nSPS) is 26.1. The molecule has 70 valence electrons. The van der Waals surface area contributed by atoms with E-state index in [1.165, 1.54) is 5.57 Å². The number of rotatable bonds is 3. The molecule has 1 heterocycles. The van der Waals surface area contributed by atoms with E-state index >= 15 is 0 Å². The van der Waals surface area contributed by atoms with Gasteiger partial charge in [-0.1, -0.05) is 13.8 Å². The molecule has 3 nitrogen and oxygen atoms in total. The van der Waals surface area contributed by atoms with Crippen LogP contribution in [0.4, 0.5) is 0 Å². The zero-order chi connectivity index (χ0) is 9.30. The summed E-state index contributed by atoms with van der Waals surface area (Å²) in [7, 11) is 3.51. The van der Waals surface area contributed by atoms with Gasteiger partial charge in [0.15, 0.2) is 5.76 Å². The van der Waals surface area contributed by atoms with Crippen molar-refractivity contribution in [3.63, 3.8) is 0 Å². The van der Waals surface area contributed by atoms with Crippen LogP contribution in [0.15, 0.2) is 11.3 Å². The lowest BCUT2D eigenvalue weighted by atomic mass is 10.1. The van der Waals surface area contributed by atoms with Crippen molar-refractivity contribution in [1.82, 2.24) is 5.06 Å². The highest BCUT2D eigenvalue weighted by Gasteiger charge is 2.39. The van der Waals surface area contributed by atoms with Gasteiger partial charge >= 0.3 is 0 Å². The molecule has 0 aromatic carbocycles. The number of allylic oxidation sites excluding steroid dienone is 1. The molecule has 1 atom stereocenters. The fraction of sp³-hybridized carbons (Fsp3) is 0.778. The Morgan fingerprint density at radius 2 is 2.17 bits per heavy atom. The molecular formula is C9H17NO2. The Kier molecular flexibility index (Phi) is 2.75. The Morgan fingerprint density at radius 1 is 1.58 bits per heavy atom. The maximum Gasteiger partial charge on any atom is 0.231 e. The number of epoxide rings is 1. The Labute approximate surface area is 73.9 Å². The average Bonchev–Trinajstić information content (AvgIpc) is 2.80. The summed E-state index contributed by atoms with van der Waals surface area (Å²) in [4.78, 5) is 5.01. The van der Waals surface area contributed by atoms with E-state index in [9.17, 15) is 0 Å². The molecule has 1 fully saturated rings. The maximum absolute atomic E-state index is 5.37. The van der Waals surface area contributed by atoms with Crippen LogP contribution in [0, 0.1) is 5.92 Å². The summed E-state index contributed by atoms with van der Waals surface area (Å²) in [6, 6.07) is 0. The quantitative estimate of drug-likeness (QED) is 0.478. The van der Waals surface area contributed by atoms with E-state index in [0.717, 1.165) is 5.76 Å². The molecule has 1 saturated heterocycles. The predicted octanol–water partition coefficient (Wildman–Crippen LogP) is 1.77. The highest BCUT2D eigenvalue weighted by Crippen LogP contribution is 2.34. The molecule has 1 aliphatic heterocycles. The van der Waals surface area contributed by atoms with Crippen LogP contribution in [0.2, 0.25) is 0 Å². The van der Waals surface area contributed by atoms with Gasteiger partial charge in [0.05, 0.1) is 7.11 Å². The first kappa shape index (κ1) is 9.55. The number of nitrogens with zero attached hydrogens (tertiary/aromatic N) is 1. The van der Waals surface area contributed by atoms with Gasteiger partial charge in [-0.25, -0.2) is 0 Å². The fourth-order valence-corrected chi connectivity index (χ4v) is 0.994. The van der Waals surface area contributed by atoms with E-state index in [-0.39, 0.29) is 6.23 Å². The Bertz CT molecular complexity index is 199. The van der Waals surface area contributed by atoms with Crippen molar-refractivity contribution in [3.05, 3.63) is 11.3 Å². The number of likely N-dealkylation sites (N-methyl/N-ethyl adjacent to an activating group) is 1. The van der Waals surface area contributed by atoms with Crippen molar-refractivity contribution in [2.45, 2.75) is 27.0 Å². The monoisotopic (exact) mass is 171 g/mol. The maximum atomic E-state index is 5.37. The molecule has 0 spiro atoms. The molecule has 1 unspecified atom stereocenters. The van der Waals surface area contributed by atoms with E-state index in [1.807, 2.05) is 7.05 Å². The third-order valence-electron chi connectivity index (χ3n) is 2.28. The van der Waals surface area contributed by atoms with Crippen LogP contribution >= 0.6 is 0 Å². The van der Waals surface area contributed by atoms with Crippen molar-refractivity contribution in [2.24, 2.45) is 5.92 Å². The SMILES string of the molecule is CON(C)C1O/C1=C(/C)C(C)C. The van der Waals surface area contributed by atoms with Gasteiger partial charge in [0.1, 0.15) is 0 Å². The van der Waals surface area contributed by atoms with Crippen LogP contribution in [-0.4, -0.2) is 25.4 Å². The van der Waals surface area contributed by atoms with Crippen LogP contribution < -0.4 is 0 Å². The summed E-state index contributed by atoms with van der Waals surface area (Å²) >= 11 is 0. The summed E-state index contributed by atoms with van der Waals surface area (Å²) in [5, 5.41) is 1.71. The van der Waals surface area contributed by atoms with Crippen LogP contribution in [0.25, 0.3) is 0 Å². The van der Waals surface area contributed by atoms with Crippen LogP contribution in [0.1, 0.15) is 20.8 Å². The van der Waals surface area contributed by atoms with E-state index in [4.69, 9.17) is 9.57 Å². The standard InChI is InChI=1S/C9H17NO2/c1-6(2)7(3)8-9(12-8)10(4)11-5/h6,9H,1-5H3/b8-7-. The van der Waals surface area contributed by atoms with Gasteiger partial charge < -0.3 is 4.74 Å². The van der Waals surface area contributed by atoms with Crippen LogP contribution in [0.3, 0.4) is 0 Å². The van der Waals surface area contributed by atoms with Crippen molar-refractivity contribution in [2.75, 3.05) is 14.2 Å². The van der Waals surface area contributed by atoms with E-state index in [0.29, 0.717) is 5.92 Å². The third kappa shape index (κ3) is 1.79. The minimum absolute atomic E-state index is 0.0531. The van der Waals surface area contributed by atoms with Crippen molar-refractivity contribution >= 4 is 0 Å². The van der Waals surface area contributed by atoms with Crippen molar-refractivity contribution < 1.29 is 9.57 Å². The summed E-state index contributed by atoms with van der Waals surface area (Å²) in [5.41, 5.74) is 1.31. The molecule has 3 heteroatoms. The molecule has 0 saturated carbocycles. The van der Waals surface area contributed by atoms with E-state index in [2.05, 4.69) is 20.8 Å². The highest BCUT2D eigenvalue weighted by molar-refractivity contribution is 5.20. The van der Waals surface area contributed by atoms with Crippen molar-refractivity contribution in [3.8, 4) is 0 Å². The second kappa shape index (κ2) is 3.46. The van der Waals surface area contributed by atoms with E-state index < -0.39 is 0 Å². The summed E-state index contributed by atoms with van der Waals surface area (Å²) in [6.07, 6.45) is 0.0531. The van der Waals surface area contributed by atoms with Gasteiger partial charge in [0, 0.05) is 7.05 Å². The first-order chi connectivity index (χ1) is 5.57. The molecule has 0 aromatic rings. The number of hydrogen-bond acceptors (Lipinski definition) is 3. The van der Waals surface area contributed by atoms with Gasteiger partial charge in [-0.3, -0.25) is 4.84 Å². The Hall–Kier alpha value is -0.540. The molecule has 1 rings (SSSR count). The Balaban J connectivity index is 2.56. The predicted molar refractivity (Wildman–Crippen MR) is 47.2 cm³/mol. The topological polar surface area (TPSA) is 25.0 Å². The number of hydrogen-bond donors (Lipinski definition) is 0. The smallest absolute Gasteiger partial charge is 0.231 e. The fourth-order valence-electron chi connectivity index (χ4n) is 0.994. The van der Waals surface area contributed by atoms with Crippen molar-refractivity contribution in [1.29, 1.82) is 0 Å². The van der Waals surface area contributed by atoms with Crippen LogP contribution in [-0.2, 0) is 9.57 Å². The zero-order valence-electron chi connectivity index (χ0n) is 8.42. The molecule has 0 bridgehead atoms.